The Morgan fingerprint density at radius 3 is 2.53 bits per heavy atom. The number of benzene rings is 1. The van der Waals surface area contributed by atoms with E-state index in [1.165, 1.54) is 35.1 Å². The van der Waals surface area contributed by atoms with Crippen LogP contribution in [-0.4, -0.2) is 40.4 Å². The Morgan fingerprint density at radius 2 is 1.87 bits per heavy atom. The van der Waals surface area contributed by atoms with Gasteiger partial charge >= 0.3 is 6.18 Å². The van der Waals surface area contributed by atoms with Crippen molar-refractivity contribution in [3.63, 3.8) is 0 Å². The molecule has 0 spiro atoms. The molecular formula is C20H23F3N4O3. The highest BCUT2D eigenvalue weighted by atomic mass is 19.4. The van der Waals surface area contributed by atoms with Crippen molar-refractivity contribution in [2.45, 2.75) is 51.1 Å². The fourth-order valence-corrected chi connectivity index (χ4v) is 3.25. The summed E-state index contributed by atoms with van der Waals surface area (Å²) in [5.74, 6) is -0.515. The van der Waals surface area contributed by atoms with E-state index in [0.717, 1.165) is 25.7 Å². The first-order chi connectivity index (χ1) is 14.3. The zero-order valence-electron chi connectivity index (χ0n) is 16.2. The average molecular weight is 424 g/mol. The zero-order valence-corrected chi connectivity index (χ0v) is 16.2. The Hall–Kier alpha value is -2.88. The van der Waals surface area contributed by atoms with Gasteiger partial charge in [0.2, 0.25) is 5.91 Å². The van der Waals surface area contributed by atoms with E-state index in [-0.39, 0.29) is 25.1 Å². The number of alkyl halides is 3. The van der Waals surface area contributed by atoms with E-state index >= 15 is 0 Å². The molecule has 0 saturated heterocycles. The van der Waals surface area contributed by atoms with Crippen molar-refractivity contribution < 1.29 is 27.5 Å². The normalized spacial score (nSPS) is 14.6. The molecule has 0 aliphatic heterocycles. The van der Waals surface area contributed by atoms with E-state index < -0.39 is 18.7 Å². The first-order valence-corrected chi connectivity index (χ1v) is 9.65. The SMILES string of the molecule is O=C(Cn1cc(NC(=O)c2ccc(COCC(F)(F)F)cc2)cn1)NC1CCCC1. The van der Waals surface area contributed by atoms with Crippen molar-refractivity contribution in [1.29, 1.82) is 0 Å². The molecule has 0 atom stereocenters. The number of aromatic nitrogens is 2. The summed E-state index contributed by atoms with van der Waals surface area (Å²) < 4.78 is 42.3. The highest BCUT2D eigenvalue weighted by molar-refractivity contribution is 6.04. The van der Waals surface area contributed by atoms with Crippen LogP contribution in [-0.2, 0) is 22.7 Å². The minimum Gasteiger partial charge on any atom is -0.367 e. The molecule has 2 N–H and O–H groups in total. The lowest BCUT2D eigenvalue weighted by atomic mass is 10.1. The van der Waals surface area contributed by atoms with Crippen molar-refractivity contribution in [3.8, 4) is 0 Å². The van der Waals surface area contributed by atoms with Gasteiger partial charge in [0.1, 0.15) is 13.2 Å². The van der Waals surface area contributed by atoms with Crippen molar-refractivity contribution in [1.82, 2.24) is 15.1 Å². The lowest BCUT2D eigenvalue weighted by molar-refractivity contribution is -0.176. The third-order valence-electron chi connectivity index (χ3n) is 4.67. The molecule has 1 saturated carbocycles. The third kappa shape index (κ3) is 6.87. The number of halogens is 3. The summed E-state index contributed by atoms with van der Waals surface area (Å²) in [4.78, 5) is 24.4. The highest BCUT2D eigenvalue weighted by Crippen LogP contribution is 2.18. The van der Waals surface area contributed by atoms with Crippen LogP contribution in [0.2, 0.25) is 0 Å². The number of nitrogens with zero attached hydrogens (tertiary/aromatic N) is 2. The molecule has 30 heavy (non-hydrogen) atoms. The second-order valence-corrected chi connectivity index (χ2v) is 7.23. The number of anilines is 1. The van der Waals surface area contributed by atoms with E-state index in [4.69, 9.17) is 0 Å². The number of hydrogen-bond donors (Lipinski definition) is 2. The average Bonchev–Trinajstić information content (AvgIpc) is 3.33. The second-order valence-electron chi connectivity index (χ2n) is 7.23. The van der Waals surface area contributed by atoms with Crippen molar-refractivity contribution in [3.05, 3.63) is 47.8 Å². The van der Waals surface area contributed by atoms with Gasteiger partial charge in [0.15, 0.2) is 0 Å². The molecule has 1 fully saturated rings. The quantitative estimate of drug-likeness (QED) is 0.681. The summed E-state index contributed by atoms with van der Waals surface area (Å²) in [7, 11) is 0. The molecule has 1 aliphatic carbocycles. The summed E-state index contributed by atoms with van der Waals surface area (Å²) in [5.41, 5.74) is 1.30. The van der Waals surface area contributed by atoms with E-state index in [2.05, 4.69) is 20.5 Å². The fourth-order valence-electron chi connectivity index (χ4n) is 3.25. The maximum absolute atomic E-state index is 12.3. The maximum atomic E-state index is 12.3. The van der Waals surface area contributed by atoms with Gasteiger partial charge in [-0.3, -0.25) is 14.3 Å². The van der Waals surface area contributed by atoms with Gasteiger partial charge in [-0.2, -0.15) is 18.3 Å². The van der Waals surface area contributed by atoms with Crippen LogP contribution in [0.15, 0.2) is 36.7 Å². The van der Waals surface area contributed by atoms with Gasteiger partial charge in [-0.1, -0.05) is 25.0 Å². The summed E-state index contributed by atoms with van der Waals surface area (Å²) >= 11 is 0. The molecule has 0 radical (unpaired) electrons. The lowest BCUT2D eigenvalue weighted by Gasteiger charge is -2.11. The molecule has 3 rings (SSSR count). The Bertz CT molecular complexity index is 859. The fraction of sp³-hybridized carbons (Fsp3) is 0.450. The minimum atomic E-state index is -4.37. The van der Waals surface area contributed by atoms with Crippen LogP contribution >= 0.6 is 0 Å². The second kappa shape index (κ2) is 9.75. The van der Waals surface area contributed by atoms with E-state index in [0.29, 0.717) is 16.8 Å². The van der Waals surface area contributed by atoms with Crippen LogP contribution in [0, 0.1) is 0 Å². The van der Waals surface area contributed by atoms with Gasteiger partial charge in [-0.15, -0.1) is 0 Å². The van der Waals surface area contributed by atoms with Gasteiger partial charge < -0.3 is 15.4 Å². The number of hydrogen-bond acceptors (Lipinski definition) is 4. The van der Waals surface area contributed by atoms with Gasteiger partial charge in [-0.25, -0.2) is 0 Å². The van der Waals surface area contributed by atoms with E-state index in [1.807, 2.05) is 0 Å². The summed E-state index contributed by atoms with van der Waals surface area (Å²) in [5, 5.41) is 9.72. The Morgan fingerprint density at radius 1 is 1.17 bits per heavy atom. The molecule has 0 bridgehead atoms. The molecule has 10 heteroatoms. The van der Waals surface area contributed by atoms with Crippen molar-refractivity contribution in [2.75, 3.05) is 11.9 Å². The number of carbonyl (C=O) groups is 2. The molecule has 0 unspecified atom stereocenters. The largest absolute Gasteiger partial charge is 0.411 e. The first-order valence-electron chi connectivity index (χ1n) is 9.65. The molecule has 1 aromatic heterocycles. The number of nitrogens with one attached hydrogen (secondary N) is 2. The Kier molecular flexibility index (Phi) is 7.09. The highest BCUT2D eigenvalue weighted by Gasteiger charge is 2.27. The molecule has 2 aromatic rings. The maximum Gasteiger partial charge on any atom is 0.411 e. The van der Waals surface area contributed by atoms with Gasteiger partial charge in [0.05, 0.1) is 18.5 Å². The molecule has 2 amide bonds. The van der Waals surface area contributed by atoms with Crippen molar-refractivity contribution in [2.24, 2.45) is 0 Å². The van der Waals surface area contributed by atoms with Crippen LogP contribution in [0.25, 0.3) is 0 Å². The van der Waals surface area contributed by atoms with E-state index in [1.54, 1.807) is 6.20 Å². The summed E-state index contributed by atoms with van der Waals surface area (Å²) in [6.45, 7) is -1.45. The summed E-state index contributed by atoms with van der Waals surface area (Å²) in [6.07, 6.45) is 2.89. The molecule has 1 aromatic carbocycles. The Labute approximate surface area is 171 Å². The van der Waals surface area contributed by atoms with Gasteiger partial charge in [0, 0.05) is 17.8 Å². The lowest BCUT2D eigenvalue weighted by Crippen LogP contribution is -2.35. The first kappa shape index (κ1) is 21.8. The van der Waals surface area contributed by atoms with Crippen molar-refractivity contribution >= 4 is 17.5 Å². The summed E-state index contributed by atoms with van der Waals surface area (Å²) in [6, 6.07) is 6.29. The third-order valence-corrected chi connectivity index (χ3v) is 4.67. The van der Waals surface area contributed by atoms with Crippen LogP contribution in [0.3, 0.4) is 0 Å². The topological polar surface area (TPSA) is 85.2 Å². The monoisotopic (exact) mass is 424 g/mol. The zero-order chi connectivity index (χ0) is 21.6. The minimum absolute atomic E-state index is 0.0684. The number of amides is 2. The predicted molar refractivity (Wildman–Crippen MR) is 103 cm³/mol. The number of rotatable bonds is 8. The molecule has 162 valence electrons. The van der Waals surface area contributed by atoms with E-state index in [9.17, 15) is 22.8 Å². The predicted octanol–water partition coefficient (Wildman–Crippen LogP) is 3.27. The van der Waals surface area contributed by atoms with Crippen LogP contribution in [0.5, 0.6) is 0 Å². The number of carbonyl (C=O) groups excluding carboxylic acids is 2. The smallest absolute Gasteiger partial charge is 0.367 e. The van der Waals surface area contributed by atoms with Crippen LogP contribution in [0.4, 0.5) is 18.9 Å². The standard InChI is InChI=1S/C20H23F3N4O3/c21-20(22,23)13-30-12-14-5-7-15(8-6-14)19(29)26-17-9-24-27(10-17)11-18(28)25-16-3-1-2-4-16/h5-10,16H,1-4,11-13H2,(H,25,28)(H,26,29). The Balaban J connectivity index is 1.47. The number of ether oxygens (including phenoxy) is 1. The molecular weight excluding hydrogens is 401 g/mol. The molecule has 1 aliphatic rings. The van der Waals surface area contributed by atoms with Crippen LogP contribution in [0.1, 0.15) is 41.6 Å². The van der Waals surface area contributed by atoms with Gasteiger partial charge in [0.25, 0.3) is 5.91 Å². The molecule has 7 nitrogen and oxygen atoms in total. The molecule has 1 heterocycles. The van der Waals surface area contributed by atoms with Gasteiger partial charge in [-0.05, 0) is 30.5 Å². The van der Waals surface area contributed by atoms with Crippen LogP contribution < -0.4 is 10.6 Å².